The van der Waals surface area contributed by atoms with Gasteiger partial charge in [-0.05, 0) is 0 Å². The maximum absolute atomic E-state index is 12.9. The molecule has 4 nitrogen and oxygen atoms in total. The number of pyridine rings is 1. The van der Waals surface area contributed by atoms with E-state index in [9.17, 15) is 18.0 Å². The first kappa shape index (κ1) is 11.3. The van der Waals surface area contributed by atoms with Gasteiger partial charge in [-0.2, -0.15) is 4.39 Å². The highest BCUT2D eigenvalue weighted by molar-refractivity contribution is 5.90. The van der Waals surface area contributed by atoms with Gasteiger partial charge in [-0.15, -0.1) is 0 Å². The predicted octanol–water partition coefficient (Wildman–Crippen LogP) is 1.87. The first-order valence-electron chi connectivity index (χ1n) is 3.72. The molecule has 0 fully saturated rings. The molecule has 0 saturated heterocycles. The van der Waals surface area contributed by atoms with Crippen molar-refractivity contribution in [2.45, 2.75) is 6.43 Å². The van der Waals surface area contributed by atoms with Gasteiger partial charge in [-0.25, -0.2) is 18.6 Å². The molecule has 0 saturated carbocycles. The Hall–Kier alpha value is -1.79. The summed E-state index contributed by atoms with van der Waals surface area (Å²) in [5.41, 5.74) is -2.16. The summed E-state index contributed by atoms with van der Waals surface area (Å²) < 4.78 is 42.3. The molecule has 7 heteroatoms. The molecule has 0 atom stereocenters. The van der Waals surface area contributed by atoms with Crippen molar-refractivity contribution in [1.29, 1.82) is 0 Å². The second-order valence-corrected chi connectivity index (χ2v) is 2.51. The number of aromatic carboxylic acids is 1. The fraction of sp³-hybridized carbons (Fsp3) is 0.250. The van der Waals surface area contributed by atoms with Crippen molar-refractivity contribution in [2.24, 2.45) is 0 Å². The topological polar surface area (TPSA) is 59.4 Å². The first-order chi connectivity index (χ1) is 6.99. The van der Waals surface area contributed by atoms with E-state index < -0.39 is 35.2 Å². The molecule has 0 aromatic carbocycles. The molecule has 0 aliphatic heterocycles. The van der Waals surface area contributed by atoms with Crippen molar-refractivity contribution in [3.8, 4) is 5.75 Å². The Bertz CT molecular complexity index is 395. The number of aromatic nitrogens is 1. The van der Waals surface area contributed by atoms with Crippen LogP contribution in [0, 0.1) is 5.95 Å². The van der Waals surface area contributed by atoms with Crippen LogP contribution in [-0.2, 0) is 0 Å². The second kappa shape index (κ2) is 4.16. The summed E-state index contributed by atoms with van der Waals surface area (Å²) in [6.45, 7) is 0. The molecule has 1 aromatic heterocycles. The van der Waals surface area contributed by atoms with Crippen LogP contribution < -0.4 is 4.74 Å². The van der Waals surface area contributed by atoms with E-state index in [4.69, 9.17) is 5.11 Å². The maximum Gasteiger partial charge on any atom is 0.341 e. The summed E-state index contributed by atoms with van der Waals surface area (Å²) in [6, 6.07) is 0. The molecule has 0 unspecified atom stereocenters. The van der Waals surface area contributed by atoms with E-state index in [1.165, 1.54) is 0 Å². The number of ether oxygens (including phenoxy) is 1. The number of carboxylic acid groups (broad SMARTS) is 1. The number of carboxylic acids is 1. The van der Waals surface area contributed by atoms with Crippen LogP contribution in [0.5, 0.6) is 5.75 Å². The lowest BCUT2D eigenvalue weighted by molar-refractivity contribution is 0.0675. The van der Waals surface area contributed by atoms with E-state index in [1.807, 2.05) is 0 Å². The lowest BCUT2D eigenvalue weighted by atomic mass is 10.1. The van der Waals surface area contributed by atoms with E-state index in [0.717, 1.165) is 7.11 Å². The molecule has 1 heterocycles. The Morgan fingerprint density at radius 3 is 2.60 bits per heavy atom. The molecular weight excluding hydrogens is 215 g/mol. The third kappa shape index (κ3) is 2.00. The predicted molar refractivity (Wildman–Crippen MR) is 42.7 cm³/mol. The van der Waals surface area contributed by atoms with E-state index in [0.29, 0.717) is 6.20 Å². The quantitative estimate of drug-likeness (QED) is 0.791. The van der Waals surface area contributed by atoms with Crippen LogP contribution in [0.3, 0.4) is 0 Å². The molecule has 0 spiro atoms. The van der Waals surface area contributed by atoms with Crippen molar-refractivity contribution in [3.63, 3.8) is 0 Å². The zero-order chi connectivity index (χ0) is 11.6. The largest absolute Gasteiger partial charge is 0.495 e. The number of nitrogens with zero attached hydrogens (tertiary/aromatic N) is 1. The van der Waals surface area contributed by atoms with Gasteiger partial charge in [0.1, 0.15) is 11.3 Å². The third-order valence-electron chi connectivity index (χ3n) is 1.69. The smallest absolute Gasteiger partial charge is 0.341 e. The SMILES string of the molecule is COc1cnc(F)c(C(=O)O)c1C(F)F. The summed E-state index contributed by atoms with van der Waals surface area (Å²) in [4.78, 5) is 13.6. The van der Waals surface area contributed by atoms with Gasteiger partial charge in [-0.1, -0.05) is 0 Å². The maximum atomic E-state index is 12.9. The summed E-state index contributed by atoms with van der Waals surface area (Å²) in [7, 11) is 1.06. The number of carbonyl (C=O) groups is 1. The number of rotatable bonds is 3. The second-order valence-electron chi connectivity index (χ2n) is 2.51. The van der Waals surface area contributed by atoms with Gasteiger partial charge in [0, 0.05) is 0 Å². The Balaban J connectivity index is 3.51. The Morgan fingerprint density at radius 2 is 2.20 bits per heavy atom. The molecule has 82 valence electrons. The zero-order valence-corrected chi connectivity index (χ0v) is 7.50. The zero-order valence-electron chi connectivity index (χ0n) is 7.50. The monoisotopic (exact) mass is 221 g/mol. The standard InChI is InChI=1S/C8H6F3NO3/c1-15-3-2-12-7(11)5(8(13)14)4(3)6(9)10/h2,6H,1H3,(H,13,14). The lowest BCUT2D eigenvalue weighted by Crippen LogP contribution is -2.10. The Morgan fingerprint density at radius 1 is 1.60 bits per heavy atom. The van der Waals surface area contributed by atoms with Gasteiger partial charge in [-0.3, -0.25) is 0 Å². The van der Waals surface area contributed by atoms with Gasteiger partial charge >= 0.3 is 5.97 Å². The lowest BCUT2D eigenvalue weighted by Gasteiger charge is -2.10. The molecule has 1 N–H and O–H groups in total. The third-order valence-corrected chi connectivity index (χ3v) is 1.69. The van der Waals surface area contributed by atoms with Crippen molar-refractivity contribution in [2.75, 3.05) is 7.11 Å². The highest BCUT2D eigenvalue weighted by atomic mass is 19.3. The van der Waals surface area contributed by atoms with E-state index in [-0.39, 0.29) is 0 Å². The van der Waals surface area contributed by atoms with E-state index >= 15 is 0 Å². The van der Waals surface area contributed by atoms with Crippen LogP contribution in [-0.4, -0.2) is 23.2 Å². The van der Waals surface area contributed by atoms with Crippen LogP contribution in [0.1, 0.15) is 22.3 Å². The van der Waals surface area contributed by atoms with Crippen LogP contribution in [0.2, 0.25) is 0 Å². The van der Waals surface area contributed by atoms with Crippen LogP contribution >= 0.6 is 0 Å². The Kier molecular flexibility index (Phi) is 3.13. The molecule has 1 aromatic rings. The minimum atomic E-state index is -3.15. The highest BCUT2D eigenvalue weighted by Gasteiger charge is 2.27. The summed E-state index contributed by atoms with van der Waals surface area (Å²) in [6.07, 6.45) is -2.44. The van der Waals surface area contributed by atoms with Crippen LogP contribution in [0.25, 0.3) is 0 Å². The fourth-order valence-corrected chi connectivity index (χ4v) is 1.07. The Labute approximate surface area is 82.3 Å². The summed E-state index contributed by atoms with van der Waals surface area (Å²) in [5.74, 6) is -3.73. The van der Waals surface area contributed by atoms with Crippen molar-refractivity contribution in [3.05, 3.63) is 23.3 Å². The van der Waals surface area contributed by atoms with Crippen LogP contribution in [0.15, 0.2) is 6.20 Å². The number of methoxy groups -OCH3 is 1. The van der Waals surface area contributed by atoms with Crippen molar-refractivity contribution >= 4 is 5.97 Å². The minimum Gasteiger partial charge on any atom is -0.495 e. The summed E-state index contributed by atoms with van der Waals surface area (Å²) >= 11 is 0. The van der Waals surface area contributed by atoms with E-state index in [2.05, 4.69) is 9.72 Å². The van der Waals surface area contributed by atoms with E-state index in [1.54, 1.807) is 0 Å². The van der Waals surface area contributed by atoms with Gasteiger partial charge in [0.2, 0.25) is 5.95 Å². The number of hydrogen-bond acceptors (Lipinski definition) is 3. The van der Waals surface area contributed by atoms with Gasteiger partial charge in [0.25, 0.3) is 6.43 Å². The van der Waals surface area contributed by atoms with Crippen molar-refractivity contribution in [1.82, 2.24) is 4.98 Å². The number of halogens is 3. The molecule has 0 amide bonds. The molecule has 15 heavy (non-hydrogen) atoms. The normalized spacial score (nSPS) is 10.5. The first-order valence-corrected chi connectivity index (χ1v) is 3.72. The average molecular weight is 221 g/mol. The van der Waals surface area contributed by atoms with Gasteiger partial charge in [0.05, 0.1) is 18.9 Å². The minimum absolute atomic E-state index is 0.455. The summed E-state index contributed by atoms with van der Waals surface area (Å²) in [5, 5.41) is 8.55. The molecule has 0 radical (unpaired) electrons. The number of alkyl halides is 2. The molecule has 0 aliphatic carbocycles. The van der Waals surface area contributed by atoms with Crippen LogP contribution in [0.4, 0.5) is 13.2 Å². The number of hydrogen-bond donors (Lipinski definition) is 1. The van der Waals surface area contributed by atoms with Gasteiger partial charge in [0.15, 0.2) is 0 Å². The average Bonchev–Trinajstić information content (AvgIpc) is 2.16. The highest BCUT2D eigenvalue weighted by Crippen LogP contribution is 2.32. The van der Waals surface area contributed by atoms with Gasteiger partial charge < -0.3 is 9.84 Å². The molecule has 0 aliphatic rings. The molecule has 0 bridgehead atoms. The molecular formula is C8H6F3NO3. The van der Waals surface area contributed by atoms with Crippen molar-refractivity contribution < 1.29 is 27.8 Å². The molecule has 1 rings (SSSR count). The fourth-order valence-electron chi connectivity index (χ4n) is 1.07.